The average Bonchev–Trinajstić information content (AvgIpc) is 3.05. The van der Waals surface area contributed by atoms with E-state index >= 15 is 0 Å². The third kappa shape index (κ3) is 2.60. The Hall–Kier alpha value is -2.37. The number of rotatable bonds is 3. The van der Waals surface area contributed by atoms with Crippen LogP contribution in [0.15, 0.2) is 60.0 Å². The Morgan fingerprint density at radius 1 is 1.16 bits per heavy atom. The van der Waals surface area contributed by atoms with Crippen LogP contribution in [0.3, 0.4) is 0 Å². The molecule has 0 saturated carbocycles. The summed E-state index contributed by atoms with van der Waals surface area (Å²) in [6, 6.07) is 14.6. The van der Waals surface area contributed by atoms with Crippen molar-refractivity contribution in [1.29, 1.82) is 0 Å². The molecule has 1 aliphatic rings. The summed E-state index contributed by atoms with van der Waals surface area (Å²) in [4.78, 5) is 14.7. The van der Waals surface area contributed by atoms with Gasteiger partial charge in [0.1, 0.15) is 4.32 Å². The number of thioether (sulfide) groups is 1. The Balaban J connectivity index is 1.80. The number of hydrogen-bond acceptors (Lipinski definition) is 3. The number of aryl methyl sites for hydroxylation is 1. The van der Waals surface area contributed by atoms with Crippen molar-refractivity contribution in [3.8, 4) is 0 Å². The van der Waals surface area contributed by atoms with Gasteiger partial charge in [0.15, 0.2) is 0 Å². The van der Waals surface area contributed by atoms with Crippen molar-refractivity contribution in [2.24, 2.45) is 7.05 Å². The van der Waals surface area contributed by atoms with E-state index in [1.165, 1.54) is 33.6 Å². The van der Waals surface area contributed by atoms with Crippen LogP contribution in [0.4, 0.5) is 0 Å². The molecule has 3 aromatic rings. The molecule has 1 amide bonds. The van der Waals surface area contributed by atoms with E-state index in [-0.39, 0.29) is 5.91 Å². The van der Waals surface area contributed by atoms with Crippen molar-refractivity contribution in [2.45, 2.75) is 0 Å². The number of fused-ring (bicyclic) bond motifs is 3. The van der Waals surface area contributed by atoms with Gasteiger partial charge in [0.25, 0.3) is 5.91 Å². The van der Waals surface area contributed by atoms with E-state index in [1.807, 2.05) is 18.2 Å². The van der Waals surface area contributed by atoms with Gasteiger partial charge in [-0.3, -0.25) is 9.69 Å². The van der Waals surface area contributed by atoms with Gasteiger partial charge in [-0.15, -0.1) is 6.58 Å². The standard InChI is InChI=1S/C20H16N2OS2/c1-3-10-22-19(23)18(25-20(22)24)12-13-8-9-17-15(11-13)14-6-4-5-7-16(14)21(17)2/h3-9,11-12H,1,10H2,2H3/b18-12-. The first-order valence-electron chi connectivity index (χ1n) is 7.93. The molecule has 0 N–H and O–H groups in total. The molecule has 2 heterocycles. The molecule has 3 nitrogen and oxygen atoms in total. The predicted molar refractivity (Wildman–Crippen MR) is 111 cm³/mol. The second kappa shape index (κ2) is 6.17. The van der Waals surface area contributed by atoms with Crippen LogP contribution in [-0.4, -0.2) is 26.2 Å². The first kappa shape index (κ1) is 16.1. The highest BCUT2D eigenvalue weighted by atomic mass is 32.2. The largest absolute Gasteiger partial charge is 0.344 e. The molecular weight excluding hydrogens is 348 g/mol. The minimum atomic E-state index is -0.0482. The minimum Gasteiger partial charge on any atom is -0.344 e. The van der Waals surface area contributed by atoms with Gasteiger partial charge in [0, 0.05) is 35.4 Å². The third-order valence-corrected chi connectivity index (χ3v) is 5.80. The Labute approximate surface area is 155 Å². The molecular formula is C20H16N2OS2. The zero-order chi connectivity index (χ0) is 17.6. The van der Waals surface area contributed by atoms with Crippen molar-refractivity contribution < 1.29 is 4.79 Å². The Kier molecular flexibility index (Phi) is 3.98. The van der Waals surface area contributed by atoms with Crippen LogP contribution in [0, 0.1) is 0 Å². The van der Waals surface area contributed by atoms with E-state index < -0.39 is 0 Å². The molecule has 0 radical (unpaired) electrons. The summed E-state index contributed by atoms with van der Waals surface area (Å²) >= 11 is 6.64. The Bertz CT molecular complexity index is 1080. The molecule has 0 bridgehead atoms. The SMILES string of the molecule is C=CCN1C(=O)/C(=C/c2ccc3c(c2)c2ccccc2n3C)SC1=S. The van der Waals surface area contributed by atoms with Gasteiger partial charge in [-0.25, -0.2) is 0 Å². The van der Waals surface area contributed by atoms with Crippen LogP contribution in [0.2, 0.25) is 0 Å². The summed E-state index contributed by atoms with van der Waals surface area (Å²) in [5, 5.41) is 2.41. The van der Waals surface area contributed by atoms with Crippen LogP contribution in [0.1, 0.15) is 5.56 Å². The quantitative estimate of drug-likeness (QED) is 0.382. The number of nitrogens with zero attached hydrogens (tertiary/aromatic N) is 2. The maximum absolute atomic E-state index is 12.5. The van der Waals surface area contributed by atoms with Crippen LogP contribution >= 0.6 is 24.0 Å². The fraction of sp³-hybridized carbons (Fsp3) is 0.100. The number of amides is 1. The number of para-hydroxylation sites is 1. The summed E-state index contributed by atoms with van der Waals surface area (Å²) in [6.07, 6.45) is 3.61. The Morgan fingerprint density at radius 3 is 2.72 bits per heavy atom. The lowest BCUT2D eigenvalue weighted by Crippen LogP contribution is -2.27. The van der Waals surface area contributed by atoms with Crippen molar-refractivity contribution >= 4 is 62.1 Å². The van der Waals surface area contributed by atoms with E-state index in [1.54, 1.807) is 11.0 Å². The molecule has 4 rings (SSSR count). The highest BCUT2D eigenvalue weighted by Crippen LogP contribution is 2.34. The van der Waals surface area contributed by atoms with Crippen molar-refractivity contribution in [3.05, 3.63) is 65.6 Å². The van der Waals surface area contributed by atoms with Gasteiger partial charge in [-0.05, 0) is 29.8 Å². The second-order valence-corrected chi connectivity index (χ2v) is 7.61. The van der Waals surface area contributed by atoms with Gasteiger partial charge in [-0.2, -0.15) is 0 Å². The summed E-state index contributed by atoms with van der Waals surface area (Å²) in [7, 11) is 2.07. The number of hydrogen-bond donors (Lipinski definition) is 0. The molecule has 5 heteroatoms. The highest BCUT2D eigenvalue weighted by molar-refractivity contribution is 8.26. The van der Waals surface area contributed by atoms with E-state index in [0.717, 1.165) is 5.56 Å². The van der Waals surface area contributed by atoms with Gasteiger partial charge < -0.3 is 4.57 Å². The molecule has 1 saturated heterocycles. The Morgan fingerprint density at radius 2 is 1.92 bits per heavy atom. The third-order valence-electron chi connectivity index (χ3n) is 4.42. The smallest absolute Gasteiger partial charge is 0.266 e. The van der Waals surface area contributed by atoms with Crippen LogP contribution in [-0.2, 0) is 11.8 Å². The molecule has 1 fully saturated rings. The fourth-order valence-corrected chi connectivity index (χ4v) is 4.49. The molecule has 2 aromatic carbocycles. The van der Waals surface area contributed by atoms with E-state index in [4.69, 9.17) is 12.2 Å². The first-order valence-corrected chi connectivity index (χ1v) is 9.16. The number of carbonyl (C=O) groups excluding carboxylic acids is 1. The molecule has 1 aliphatic heterocycles. The van der Waals surface area contributed by atoms with E-state index in [2.05, 4.69) is 48.5 Å². The van der Waals surface area contributed by atoms with Gasteiger partial charge in [0.2, 0.25) is 0 Å². The van der Waals surface area contributed by atoms with E-state index in [9.17, 15) is 4.79 Å². The second-order valence-electron chi connectivity index (χ2n) is 5.93. The summed E-state index contributed by atoms with van der Waals surface area (Å²) < 4.78 is 2.78. The number of carbonyl (C=O) groups is 1. The van der Waals surface area contributed by atoms with Crippen LogP contribution in [0.5, 0.6) is 0 Å². The first-order chi connectivity index (χ1) is 12.1. The molecule has 25 heavy (non-hydrogen) atoms. The highest BCUT2D eigenvalue weighted by Gasteiger charge is 2.30. The minimum absolute atomic E-state index is 0.0482. The molecule has 0 spiro atoms. The lowest BCUT2D eigenvalue weighted by molar-refractivity contribution is -0.121. The topological polar surface area (TPSA) is 25.2 Å². The van der Waals surface area contributed by atoms with Crippen LogP contribution in [0.25, 0.3) is 27.9 Å². The summed E-state index contributed by atoms with van der Waals surface area (Å²) in [6.45, 7) is 4.13. The lowest BCUT2D eigenvalue weighted by Gasteiger charge is -2.10. The molecule has 0 atom stereocenters. The summed E-state index contributed by atoms with van der Waals surface area (Å²) in [5.41, 5.74) is 3.38. The van der Waals surface area contributed by atoms with Crippen molar-refractivity contribution in [2.75, 3.05) is 6.54 Å². The predicted octanol–water partition coefficient (Wildman–Crippen LogP) is 4.72. The van der Waals surface area contributed by atoms with Gasteiger partial charge in [-0.1, -0.05) is 54.3 Å². The van der Waals surface area contributed by atoms with Crippen molar-refractivity contribution in [3.63, 3.8) is 0 Å². The maximum Gasteiger partial charge on any atom is 0.266 e. The molecule has 124 valence electrons. The fourth-order valence-electron chi connectivity index (χ4n) is 3.21. The molecule has 1 aromatic heterocycles. The van der Waals surface area contributed by atoms with Gasteiger partial charge >= 0.3 is 0 Å². The summed E-state index contributed by atoms with van der Waals surface area (Å²) in [5.74, 6) is -0.0482. The van der Waals surface area contributed by atoms with Crippen molar-refractivity contribution in [1.82, 2.24) is 9.47 Å². The normalized spacial score (nSPS) is 16.5. The van der Waals surface area contributed by atoms with E-state index in [0.29, 0.717) is 15.8 Å². The van der Waals surface area contributed by atoms with Crippen LogP contribution < -0.4 is 0 Å². The number of thiocarbonyl (C=S) groups is 1. The molecule has 0 aliphatic carbocycles. The number of aromatic nitrogens is 1. The molecule has 0 unspecified atom stereocenters. The zero-order valence-corrected chi connectivity index (χ0v) is 15.4. The average molecular weight is 364 g/mol. The van der Waals surface area contributed by atoms with Gasteiger partial charge in [0.05, 0.1) is 4.91 Å². The zero-order valence-electron chi connectivity index (χ0n) is 13.7. The number of benzene rings is 2. The monoisotopic (exact) mass is 364 g/mol. The maximum atomic E-state index is 12.5. The lowest BCUT2D eigenvalue weighted by atomic mass is 10.1.